The SMILES string of the molecule is CC(NCC(C)(C)c1cccs1)c1ccco1. The van der Waals surface area contributed by atoms with Gasteiger partial charge in [0.2, 0.25) is 0 Å². The summed E-state index contributed by atoms with van der Waals surface area (Å²) in [5, 5.41) is 5.66. The lowest BCUT2D eigenvalue weighted by atomic mass is 9.91. The van der Waals surface area contributed by atoms with E-state index >= 15 is 0 Å². The van der Waals surface area contributed by atoms with Crippen LogP contribution < -0.4 is 5.32 Å². The molecule has 3 heteroatoms. The van der Waals surface area contributed by atoms with E-state index in [1.165, 1.54) is 4.88 Å². The molecule has 2 rings (SSSR count). The zero-order valence-electron chi connectivity index (χ0n) is 10.6. The summed E-state index contributed by atoms with van der Waals surface area (Å²) in [5.74, 6) is 0.993. The van der Waals surface area contributed by atoms with Crippen LogP contribution in [0.25, 0.3) is 0 Å². The molecule has 2 nitrogen and oxygen atoms in total. The maximum atomic E-state index is 5.39. The molecule has 0 aliphatic rings. The first-order chi connectivity index (χ1) is 8.09. The number of rotatable bonds is 5. The van der Waals surface area contributed by atoms with Crippen LogP contribution in [-0.4, -0.2) is 6.54 Å². The zero-order chi connectivity index (χ0) is 12.3. The average molecular weight is 249 g/mol. The summed E-state index contributed by atoms with van der Waals surface area (Å²) in [6.45, 7) is 7.60. The van der Waals surface area contributed by atoms with E-state index in [4.69, 9.17) is 4.42 Å². The lowest BCUT2D eigenvalue weighted by Crippen LogP contribution is -2.33. The molecule has 0 aliphatic carbocycles. The second-order valence-corrected chi connectivity index (χ2v) is 5.93. The van der Waals surface area contributed by atoms with Crippen molar-refractivity contribution < 1.29 is 4.42 Å². The Kier molecular flexibility index (Phi) is 3.69. The van der Waals surface area contributed by atoms with E-state index < -0.39 is 0 Å². The van der Waals surface area contributed by atoms with Crippen LogP contribution in [0.15, 0.2) is 40.3 Å². The van der Waals surface area contributed by atoms with E-state index in [0.717, 1.165) is 12.3 Å². The molecule has 0 fully saturated rings. The van der Waals surface area contributed by atoms with Crippen molar-refractivity contribution in [3.8, 4) is 0 Å². The van der Waals surface area contributed by atoms with E-state index in [1.54, 1.807) is 6.26 Å². The topological polar surface area (TPSA) is 25.2 Å². The molecule has 1 atom stereocenters. The van der Waals surface area contributed by atoms with Gasteiger partial charge < -0.3 is 9.73 Å². The van der Waals surface area contributed by atoms with Gasteiger partial charge in [-0.25, -0.2) is 0 Å². The van der Waals surface area contributed by atoms with Crippen LogP contribution in [0.3, 0.4) is 0 Å². The van der Waals surface area contributed by atoms with Crippen LogP contribution in [0.5, 0.6) is 0 Å². The molecule has 0 bridgehead atoms. The summed E-state index contributed by atoms with van der Waals surface area (Å²) in [5.41, 5.74) is 0.162. The first kappa shape index (κ1) is 12.4. The molecular weight excluding hydrogens is 230 g/mol. The molecule has 17 heavy (non-hydrogen) atoms. The number of hydrogen-bond donors (Lipinski definition) is 1. The predicted octanol–water partition coefficient (Wildman–Crippen LogP) is 3.97. The molecule has 0 aliphatic heterocycles. The minimum atomic E-state index is 0.162. The normalized spacial score (nSPS) is 13.8. The van der Waals surface area contributed by atoms with Gasteiger partial charge in [-0.15, -0.1) is 11.3 Å². The Morgan fingerprint density at radius 2 is 2.18 bits per heavy atom. The monoisotopic (exact) mass is 249 g/mol. The van der Waals surface area contributed by atoms with Gasteiger partial charge in [-0.1, -0.05) is 19.9 Å². The fourth-order valence-electron chi connectivity index (χ4n) is 1.80. The van der Waals surface area contributed by atoms with Gasteiger partial charge in [-0.3, -0.25) is 0 Å². The van der Waals surface area contributed by atoms with Gasteiger partial charge in [0.1, 0.15) is 5.76 Å². The molecule has 0 saturated heterocycles. The quantitative estimate of drug-likeness (QED) is 0.867. The highest BCUT2D eigenvalue weighted by Crippen LogP contribution is 2.27. The van der Waals surface area contributed by atoms with E-state index in [0.29, 0.717) is 0 Å². The number of nitrogens with one attached hydrogen (secondary N) is 1. The Morgan fingerprint density at radius 1 is 1.35 bits per heavy atom. The van der Waals surface area contributed by atoms with Gasteiger partial charge in [0.05, 0.1) is 12.3 Å². The van der Waals surface area contributed by atoms with Crippen molar-refractivity contribution in [2.24, 2.45) is 0 Å². The molecule has 1 unspecified atom stereocenters. The van der Waals surface area contributed by atoms with Crippen molar-refractivity contribution in [1.29, 1.82) is 0 Å². The first-order valence-corrected chi connectivity index (χ1v) is 6.78. The molecule has 0 saturated carbocycles. The molecule has 2 aromatic heterocycles. The van der Waals surface area contributed by atoms with Crippen molar-refractivity contribution in [3.05, 3.63) is 46.5 Å². The highest BCUT2D eigenvalue weighted by Gasteiger charge is 2.22. The van der Waals surface area contributed by atoms with Gasteiger partial charge in [0.15, 0.2) is 0 Å². The molecule has 0 radical (unpaired) electrons. The third-order valence-corrected chi connectivity index (χ3v) is 4.24. The fourth-order valence-corrected chi connectivity index (χ4v) is 2.65. The van der Waals surface area contributed by atoms with E-state index in [2.05, 4.69) is 43.6 Å². The maximum Gasteiger partial charge on any atom is 0.120 e. The summed E-state index contributed by atoms with van der Waals surface area (Å²) >= 11 is 1.82. The Hall–Kier alpha value is -1.06. The largest absolute Gasteiger partial charge is 0.468 e. The van der Waals surface area contributed by atoms with Gasteiger partial charge in [0, 0.05) is 16.8 Å². The second kappa shape index (κ2) is 5.07. The summed E-state index contributed by atoms with van der Waals surface area (Å²) in [4.78, 5) is 1.41. The van der Waals surface area contributed by atoms with Gasteiger partial charge >= 0.3 is 0 Å². The molecule has 0 amide bonds. The van der Waals surface area contributed by atoms with Crippen LogP contribution in [0, 0.1) is 0 Å². The third kappa shape index (κ3) is 2.99. The van der Waals surface area contributed by atoms with Gasteiger partial charge in [0.25, 0.3) is 0 Å². The molecule has 0 aromatic carbocycles. The third-order valence-electron chi connectivity index (χ3n) is 3.01. The summed E-state index contributed by atoms with van der Waals surface area (Å²) < 4.78 is 5.39. The van der Waals surface area contributed by atoms with Crippen LogP contribution in [0.2, 0.25) is 0 Å². The Labute approximate surface area is 107 Å². The number of hydrogen-bond acceptors (Lipinski definition) is 3. The molecule has 2 heterocycles. The highest BCUT2D eigenvalue weighted by atomic mass is 32.1. The van der Waals surface area contributed by atoms with Crippen molar-refractivity contribution in [2.75, 3.05) is 6.54 Å². The van der Waals surface area contributed by atoms with Crippen molar-refractivity contribution >= 4 is 11.3 Å². The Morgan fingerprint density at radius 3 is 2.76 bits per heavy atom. The van der Waals surface area contributed by atoms with Crippen LogP contribution in [-0.2, 0) is 5.41 Å². The van der Waals surface area contributed by atoms with Crippen LogP contribution >= 0.6 is 11.3 Å². The van der Waals surface area contributed by atoms with E-state index in [1.807, 2.05) is 23.5 Å². The number of thiophene rings is 1. The maximum absolute atomic E-state index is 5.39. The van der Waals surface area contributed by atoms with Gasteiger partial charge in [-0.2, -0.15) is 0 Å². The summed E-state index contributed by atoms with van der Waals surface area (Å²) in [7, 11) is 0. The predicted molar refractivity (Wildman–Crippen MR) is 72.5 cm³/mol. The fraction of sp³-hybridized carbons (Fsp3) is 0.429. The average Bonchev–Trinajstić information content (AvgIpc) is 2.97. The highest BCUT2D eigenvalue weighted by molar-refractivity contribution is 7.10. The van der Waals surface area contributed by atoms with Crippen molar-refractivity contribution in [2.45, 2.75) is 32.2 Å². The minimum absolute atomic E-state index is 0.162. The van der Waals surface area contributed by atoms with Crippen molar-refractivity contribution in [3.63, 3.8) is 0 Å². The molecule has 92 valence electrons. The van der Waals surface area contributed by atoms with Crippen LogP contribution in [0.1, 0.15) is 37.5 Å². The first-order valence-electron chi connectivity index (χ1n) is 5.90. The lowest BCUT2D eigenvalue weighted by Gasteiger charge is -2.25. The van der Waals surface area contributed by atoms with Gasteiger partial charge in [-0.05, 0) is 30.5 Å². The lowest BCUT2D eigenvalue weighted by molar-refractivity contribution is 0.390. The Bertz CT molecular complexity index is 431. The standard InChI is InChI=1S/C14H19NOS/c1-11(12-6-4-8-16-12)15-10-14(2,3)13-7-5-9-17-13/h4-9,11,15H,10H2,1-3H3. The smallest absolute Gasteiger partial charge is 0.120 e. The zero-order valence-corrected chi connectivity index (χ0v) is 11.4. The summed E-state index contributed by atoms with van der Waals surface area (Å²) in [6, 6.07) is 8.50. The second-order valence-electron chi connectivity index (χ2n) is 4.98. The van der Waals surface area contributed by atoms with E-state index in [-0.39, 0.29) is 11.5 Å². The Balaban J connectivity index is 1.94. The minimum Gasteiger partial charge on any atom is -0.468 e. The molecule has 2 aromatic rings. The molecular formula is C14H19NOS. The summed E-state index contributed by atoms with van der Waals surface area (Å²) in [6.07, 6.45) is 1.72. The molecule has 1 N–H and O–H groups in total. The van der Waals surface area contributed by atoms with E-state index in [9.17, 15) is 0 Å². The van der Waals surface area contributed by atoms with Crippen LogP contribution in [0.4, 0.5) is 0 Å². The van der Waals surface area contributed by atoms with Crippen molar-refractivity contribution in [1.82, 2.24) is 5.32 Å². The molecule has 0 spiro atoms. The number of furan rings is 1.